The minimum Gasteiger partial charge on any atom is -0.368 e. The van der Waals surface area contributed by atoms with Gasteiger partial charge in [-0.1, -0.05) is 30.3 Å². The Balaban J connectivity index is 2.13. The number of amides is 2. The highest BCUT2D eigenvalue weighted by Gasteiger charge is 2.34. The summed E-state index contributed by atoms with van der Waals surface area (Å²) >= 11 is 0. The summed E-state index contributed by atoms with van der Waals surface area (Å²) in [5, 5.41) is 0. The van der Waals surface area contributed by atoms with Gasteiger partial charge in [0.05, 0.1) is 0 Å². The third-order valence-electron chi connectivity index (χ3n) is 2.85. The molecule has 2 amide bonds. The molecule has 0 radical (unpaired) electrons. The van der Waals surface area contributed by atoms with Gasteiger partial charge >= 0.3 is 0 Å². The second-order valence-electron chi connectivity index (χ2n) is 3.96. The number of nitrogens with zero attached hydrogens (tertiary/aromatic N) is 1. The molecule has 2 rings (SSSR count). The van der Waals surface area contributed by atoms with Crippen molar-refractivity contribution in [1.29, 1.82) is 0 Å². The zero-order valence-corrected chi connectivity index (χ0v) is 8.93. The average molecular weight is 218 g/mol. The summed E-state index contributed by atoms with van der Waals surface area (Å²) in [6.07, 6.45) is 0.960. The average Bonchev–Trinajstić information content (AvgIpc) is 2.62. The van der Waals surface area contributed by atoms with E-state index in [1.165, 1.54) is 0 Å². The molecule has 1 saturated heterocycles. The van der Waals surface area contributed by atoms with Crippen molar-refractivity contribution in [1.82, 2.24) is 4.90 Å². The van der Waals surface area contributed by atoms with E-state index in [1.807, 2.05) is 30.3 Å². The number of rotatable bonds is 3. The van der Waals surface area contributed by atoms with Crippen LogP contribution in [-0.2, 0) is 16.1 Å². The molecule has 1 aliphatic rings. The van der Waals surface area contributed by atoms with Crippen LogP contribution < -0.4 is 5.73 Å². The van der Waals surface area contributed by atoms with E-state index in [1.54, 1.807) is 4.90 Å². The van der Waals surface area contributed by atoms with Gasteiger partial charge in [0.15, 0.2) is 0 Å². The third kappa shape index (κ3) is 2.05. The lowest BCUT2D eigenvalue weighted by molar-refractivity contribution is -0.134. The van der Waals surface area contributed by atoms with Gasteiger partial charge in [-0.15, -0.1) is 0 Å². The van der Waals surface area contributed by atoms with Crippen LogP contribution >= 0.6 is 0 Å². The third-order valence-corrected chi connectivity index (χ3v) is 2.85. The molecule has 0 aromatic heterocycles. The summed E-state index contributed by atoms with van der Waals surface area (Å²) < 4.78 is 0. The first-order chi connectivity index (χ1) is 7.68. The molecule has 16 heavy (non-hydrogen) atoms. The number of carbonyl (C=O) groups excluding carboxylic acids is 2. The molecule has 4 heteroatoms. The van der Waals surface area contributed by atoms with Crippen LogP contribution in [0.3, 0.4) is 0 Å². The molecule has 2 N–H and O–H groups in total. The maximum absolute atomic E-state index is 11.6. The maximum Gasteiger partial charge on any atom is 0.240 e. The van der Waals surface area contributed by atoms with E-state index in [4.69, 9.17) is 5.73 Å². The first-order valence-electron chi connectivity index (χ1n) is 5.31. The second-order valence-corrected chi connectivity index (χ2v) is 3.96. The smallest absolute Gasteiger partial charge is 0.240 e. The predicted octanol–water partition coefficient (Wildman–Crippen LogP) is 0.663. The van der Waals surface area contributed by atoms with Crippen molar-refractivity contribution in [3.63, 3.8) is 0 Å². The standard InChI is InChI=1S/C12H14N2O2/c13-12(16)10-6-7-11(15)14(10)8-9-4-2-1-3-5-9/h1-5,10H,6-8H2,(H2,13,16). The van der Waals surface area contributed by atoms with E-state index < -0.39 is 11.9 Å². The second kappa shape index (κ2) is 4.35. The predicted molar refractivity (Wildman–Crippen MR) is 59.2 cm³/mol. The molecule has 1 aromatic rings. The summed E-state index contributed by atoms with van der Waals surface area (Å²) in [5.74, 6) is -0.408. The Morgan fingerprint density at radius 2 is 2.06 bits per heavy atom. The van der Waals surface area contributed by atoms with E-state index in [0.29, 0.717) is 19.4 Å². The van der Waals surface area contributed by atoms with Crippen molar-refractivity contribution in [2.45, 2.75) is 25.4 Å². The Labute approximate surface area is 94.0 Å². The normalized spacial score (nSPS) is 20.1. The van der Waals surface area contributed by atoms with Crippen molar-refractivity contribution in [2.75, 3.05) is 0 Å². The maximum atomic E-state index is 11.6. The van der Waals surface area contributed by atoms with Crippen LogP contribution in [0.4, 0.5) is 0 Å². The summed E-state index contributed by atoms with van der Waals surface area (Å²) in [7, 11) is 0. The fourth-order valence-corrected chi connectivity index (χ4v) is 2.01. The van der Waals surface area contributed by atoms with E-state index in [-0.39, 0.29) is 5.91 Å². The largest absolute Gasteiger partial charge is 0.368 e. The molecule has 0 spiro atoms. The monoisotopic (exact) mass is 218 g/mol. The van der Waals surface area contributed by atoms with Gasteiger partial charge in [-0.2, -0.15) is 0 Å². The van der Waals surface area contributed by atoms with Crippen LogP contribution in [0.2, 0.25) is 0 Å². The van der Waals surface area contributed by atoms with Gasteiger partial charge in [-0.25, -0.2) is 0 Å². The first-order valence-corrected chi connectivity index (χ1v) is 5.31. The summed E-state index contributed by atoms with van der Waals surface area (Å²) in [6.45, 7) is 0.466. The van der Waals surface area contributed by atoms with E-state index in [2.05, 4.69) is 0 Å². The van der Waals surface area contributed by atoms with Crippen molar-refractivity contribution in [3.05, 3.63) is 35.9 Å². The van der Waals surface area contributed by atoms with Crippen molar-refractivity contribution >= 4 is 11.8 Å². The van der Waals surface area contributed by atoms with E-state index >= 15 is 0 Å². The molecule has 1 unspecified atom stereocenters. The highest BCUT2D eigenvalue weighted by atomic mass is 16.2. The van der Waals surface area contributed by atoms with Gasteiger partial charge in [0.2, 0.25) is 11.8 Å². The molecule has 0 bridgehead atoms. The van der Waals surface area contributed by atoms with Gasteiger partial charge < -0.3 is 10.6 Å². The molecule has 1 atom stereocenters. The van der Waals surface area contributed by atoms with Crippen LogP contribution in [0.15, 0.2) is 30.3 Å². The summed E-state index contributed by atoms with van der Waals surface area (Å²) in [5.41, 5.74) is 6.29. The van der Waals surface area contributed by atoms with Gasteiger partial charge in [0.1, 0.15) is 6.04 Å². The quantitative estimate of drug-likeness (QED) is 0.810. The number of nitrogens with two attached hydrogens (primary N) is 1. The van der Waals surface area contributed by atoms with Crippen molar-refractivity contribution in [3.8, 4) is 0 Å². The van der Waals surface area contributed by atoms with Crippen LogP contribution in [0.1, 0.15) is 18.4 Å². The van der Waals surface area contributed by atoms with E-state index in [9.17, 15) is 9.59 Å². The Hall–Kier alpha value is -1.84. The highest BCUT2D eigenvalue weighted by molar-refractivity contribution is 5.89. The lowest BCUT2D eigenvalue weighted by Crippen LogP contribution is -2.41. The fourth-order valence-electron chi connectivity index (χ4n) is 2.01. The van der Waals surface area contributed by atoms with Gasteiger partial charge in [-0.3, -0.25) is 9.59 Å². The molecular formula is C12H14N2O2. The Kier molecular flexibility index (Phi) is 2.90. The number of hydrogen-bond donors (Lipinski definition) is 1. The molecule has 0 saturated carbocycles. The lowest BCUT2D eigenvalue weighted by atomic mass is 10.2. The first kappa shape index (κ1) is 10.7. The molecule has 1 aromatic carbocycles. The lowest BCUT2D eigenvalue weighted by Gasteiger charge is -2.22. The van der Waals surface area contributed by atoms with Gasteiger partial charge in [0, 0.05) is 13.0 Å². The molecular weight excluding hydrogens is 204 g/mol. The Morgan fingerprint density at radius 3 is 2.69 bits per heavy atom. The van der Waals surface area contributed by atoms with Crippen molar-refractivity contribution in [2.24, 2.45) is 5.73 Å². The van der Waals surface area contributed by atoms with Crippen LogP contribution in [0, 0.1) is 0 Å². The number of benzene rings is 1. The SMILES string of the molecule is NC(=O)C1CCC(=O)N1Cc1ccccc1. The van der Waals surface area contributed by atoms with Gasteiger partial charge in [0.25, 0.3) is 0 Å². The van der Waals surface area contributed by atoms with Crippen LogP contribution in [0.5, 0.6) is 0 Å². The number of primary amides is 1. The number of likely N-dealkylation sites (tertiary alicyclic amines) is 1. The fraction of sp³-hybridized carbons (Fsp3) is 0.333. The molecule has 1 aliphatic heterocycles. The van der Waals surface area contributed by atoms with Crippen LogP contribution in [0.25, 0.3) is 0 Å². The molecule has 4 nitrogen and oxygen atoms in total. The molecule has 1 heterocycles. The zero-order valence-electron chi connectivity index (χ0n) is 8.93. The zero-order chi connectivity index (χ0) is 11.5. The molecule has 0 aliphatic carbocycles. The summed E-state index contributed by atoms with van der Waals surface area (Å²) in [4.78, 5) is 24.4. The summed E-state index contributed by atoms with van der Waals surface area (Å²) in [6, 6.07) is 9.17. The number of hydrogen-bond acceptors (Lipinski definition) is 2. The van der Waals surface area contributed by atoms with Gasteiger partial charge in [-0.05, 0) is 12.0 Å². The van der Waals surface area contributed by atoms with Crippen LogP contribution in [-0.4, -0.2) is 22.8 Å². The molecule has 84 valence electrons. The minimum absolute atomic E-state index is 0.00709. The Morgan fingerprint density at radius 1 is 1.38 bits per heavy atom. The Bertz CT molecular complexity index is 403. The number of carbonyl (C=O) groups is 2. The highest BCUT2D eigenvalue weighted by Crippen LogP contribution is 2.20. The van der Waals surface area contributed by atoms with Crippen molar-refractivity contribution < 1.29 is 9.59 Å². The minimum atomic E-state index is -0.437. The topological polar surface area (TPSA) is 63.4 Å². The van der Waals surface area contributed by atoms with E-state index in [0.717, 1.165) is 5.56 Å². The molecule has 1 fully saturated rings.